The molecule has 1 aromatic rings. The first-order valence-corrected chi connectivity index (χ1v) is 10.2. The minimum absolute atomic E-state index is 0.0634. The van der Waals surface area contributed by atoms with Crippen LogP contribution in [0.25, 0.3) is 0 Å². The van der Waals surface area contributed by atoms with E-state index in [0.717, 1.165) is 10.6 Å². The zero-order valence-electron chi connectivity index (χ0n) is 11.5. The minimum atomic E-state index is -3.63. The summed E-state index contributed by atoms with van der Waals surface area (Å²) >= 11 is 11.9. The van der Waals surface area contributed by atoms with Crippen molar-refractivity contribution in [2.24, 2.45) is 0 Å². The van der Waals surface area contributed by atoms with E-state index in [2.05, 4.69) is 4.72 Å². The zero-order chi connectivity index (χ0) is 16.3. The highest BCUT2D eigenvalue weighted by molar-refractivity contribution is 7.92. The van der Waals surface area contributed by atoms with Crippen molar-refractivity contribution in [1.82, 2.24) is 4.72 Å². The van der Waals surface area contributed by atoms with Crippen molar-refractivity contribution >= 4 is 48.9 Å². The monoisotopic (exact) mass is 374 g/mol. The van der Waals surface area contributed by atoms with E-state index >= 15 is 0 Å². The van der Waals surface area contributed by atoms with Crippen LogP contribution in [0, 0.1) is 0 Å². The van der Waals surface area contributed by atoms with E-state index in [9.17, 15) is 16.8 Å². The summed E-state index contributed by atoms with van der Waals surface area (Å²) in [6.45, 7) is 1.34. The summed E-state index contributed by atoms with van der Waals surface area (Å²) in [4.78, 5) is 0. The first kappa shape index (κ1) is 18.5. The molecule has 0 bridgehead atoms. The summed E-state index contributed by atoms with van der Waals surface area (Å²) in [5, 5.41) is 0.319. The molecule has 0 unspecified atom stereocenters. The predicted octanol–water partition coefficient (Wildman–Crippen LogP) is 1.70. The normalized spacial score (nSPS) is 12.4. The molecule has 0 aromatic heterocycles. The van der Waals surface area contributed by atoms with Gasteiger partial charge in [0.15, 0.2) is 0 Å². The zero-order valence-corrected chi connectivity index (χ0v) is 14.7. The van der Waals surface area contributed by atoms with E-state index in [-0.39, 0.29) is 34.6 Å². The molecular formula is C11H16Cl2N2O4S2. The Balaban J connectivity index is 3.01. The molecule has 0 fully saturated rings. The van der Waals surface area contributed by atoms with Crippen LogP contribution in [0.5, 0.6) is 0 Å². The molecule has 21 heavy (non-hydrogen) atoms. The van der Waals surface area contributed by atoms with E-state index in [1.807, 2.05) is 0 Å². The molecule has 0 heterocycles. The lowest BCUT2D eigenvalue weighted by atomic mass is 10.3. The maximum atomic E-state index is 11.9. The van der Waals surface area contributed by atoms with Crippen LogP contribution < -0.4 is 9.03 Å². The summed E-state index contributed by atoms with van der Waals surface area (Å²) in [6.07, 6.45) is 1.01. The molecule has 10 heteroatoms. The van der Waals surface area contributed by atoms with E-state index in [1.54, 1.807) is 6.07 Å². The molecule has 1 aromatic carbocycles. The van der Waals surface area contributed by atoms with Crippen LogP contribution in [0.1, 0.15) is 6.92 Å². The number of nitrogens with one attached hydrogen (secondary N) is 1. The lowest BCUT2D eigenvalue weighted by Gasteiger charge is -2.23. The highest BCUT2D eigenvalue weighted by Gasteiger charge is 2.21. The van der Waals surface area contributed by atoms with Gasteiger partial charge < -0.3 is 0 Å². The fourth-order valence-electron chi connectivity index (χ4n) is 1.55. The Morgan fingerprint density at radius 1 is 1.19 bits per heavy atom. The fraction of sp³-hybridized carbons (Fsp3) is 0.455. The molecule has 0 amide bonds. The van der Waals surface area contributed by atoms with Crippen molar-refractivity contribution in [2.45, 2.75) is 6.92 Å². The van der Waals surface area contributed by atoms with Gasteiger partial charge in [-0.25, -0.2) is 21.6 Å². The molecular weight excluding hydrogens is 359 g/mol. The summed E-state index contributed by atoms with van der Waals surface area (Å²) in [7, 11) is -7.02. The molecule has 1 N–H and O–H groups in total. The van der Waals surface area contributed by atoms with Crippen molar-refractivity contribution in [1.29, 1.82) is 0 Å². The van der Waals surface area contributed by atoms with Gasteiger partial charge >= 0.3 is 0 Å². The Labute approximate surface area is 135 Å². The highest BCUT2D eigenvalue weighted by Crippen LogP contribution is 2.33. The van der Waals surface area contributed by atoms with Gasteiger partial charge in [0.2, 0.25) is 20.0 Å². The average Bonchev–Trinajstić information content (AvgIpc) is 2.37. The number of nitrogens with zero attached hydrogens (tertiary/aromatic N) is 1. The third-order valence-electron chi connectivity index (χ3n) is 2.62. The van der Waals surface area contributed by atoms with Crippen LogP contribution in [0.15, 0.2) is 18.2 Å². The molecule has 0 spiro atoms. The van der Waals surface area contributed by atoms with Gasteiger partial charge in [-0.05, 0) is 19.1 Å². The second-order valence-corrected chi connectivity index (χ2v) is 8.99. The minimum Gasteiger partial charge on any atom is -0.268 e. The van der Waals surface area contributed by atoms with Gasteiger partial charge in [0, 0.05) is 13.1 Å². The Morgan fingerprint density at radius 2 is 1.81 bits per heavy atom. The summed E-state index contributed by atoms with van der Waals surface area (Å²) in [6, 6.07) is 4.61. The smallest absolute Gasteiger partial charge is 0.232 e. The maximum Gasteiger partial charge on any atom is 0.232 e. The second kappa shape index (κ2) is 7.15. The molecule has 0 aliphatic rings. The number of sulfonamides is 2. The van der Waals surface area contributed by atoms with Gasteiger partial charge in [-0.3, -0.25) is 4.31 Å². The SMILES string of the molecule is CCS(=O)(=O)NCCN(c1cccc(Cl)c1Cl)S(C)(=O)=O. The first-order chi connectivity index (χ1) is 9.58. The molecule has 0 atom stereocenters. The van der Waals surface area contributed by atoms with Crippen LogP contribution in [-0.2, 0) is 20.0 Å². The van der Waals surface area contributed by atoms with Crippen LogP contribution in [0.4, 0.5) is 5.69 Å². The molecule has 6 nitrogen and oxygen atoms in total. The largest absolute Gasteiger partial charge is 0.268 e. The van der Waals surface area contributed by atoms with Crippen molar-refractivity contribution in [3.05, 3.63) is 28.2 Å². The predicted molar refractivity (Wildman–Crippen MR) is 86.1 cm³/mol. The molecule has 1 rings (SSSR count). The van der Waals surface area contributed by atoms with Gasteiger partial charge in [-0.15, -0.1) is 0 Å². The van der Waals surface area contributed by atoms with Crippen LogP contribution in [0.2, 0.25) is 10.0 Å². The van der Waals surface area contributed by atoms with Gasteiger partial charge in [0.05, 0.1) is 27.7 Å². The Morgan fingerprint density at radius 3 is 2.33 bits per heavy atom. The summed E-state index contributed by atoms with van der Waals surface area (Å²) in [5.41, 5.74) is 0.211. The lowest BCUT2D eigenvalue weighted by Crippen LogP contribution is -2.38. The Hall–Kier alpha value is -0.540. The number of hydrogen-bond acceptors (Lipinski definition) is 4. The number of hydrogen-bond donors (Lipinski definition) is 1. The fourth-order valence-corrected chi connectivity index (χ4v) is 3.54. The topological polar surface area (TPSA) is 83.6 Å². The highest BCUT2D eigenvalue weighted by atomic mass is 35.5. The maximum absolute atomic E-state index is 11.9. The molecule has 0 saturated heterocycles. The molecule has 0 aliphatic heterocycles. The number of rotatable bonds is 7. The first-order valence-electron chi connectivity index (χ1n) is 5.97. The van der Waals surface area contributed by atoms with Gasteiger partial charge in [0.25, 0.3) is 0 Å². The van der Waals surface area contributed by atoms with E-state index in [4.69, 9.17) is 23.2 Å². The van der Waals surface area contributed by atoms with Crippen molar-refractivity contribution in [3.8, 4) is 0 Å². The quantitative estimate of drug-likeness (QED) is 0.786. The van der Waals surface area contributed by atoms with Crippen molar-refractivity contribution < 1.29 is 16.8 Å². The Bertz CT molecular complexity index is 705. The number of halogens is 2. The van der Waals surface area contributed by atoms with Crippen LogP contribution in [-0.4, -0.2) is 41.9 Å². The van der Waals surface area contributed by atoms with E-state index in [1.165, 1.54) is 19.1 Å². The molecule has 0 radical (unpaired) electrons. The lowest BCUT2D eigenvalue weighted by molar-refractivity contribution is 0.579. The van der Waals surface area contributed by atoms with Crippen LogP contribution in [0.3, 0.4) is 0 Å². The van der Waals surface area contributed by atoms with Gasteiger partial charge in [-0.2, -0.15) is 0 Å². The third-order valence-corrected chi connectivity index (χ3v) is 6.01. The Kier molecular flexibility index (Phi) is 6.30. The molecule has 0 aliphatic carbocycles. The van der Waals surface area contributed by atoms with Gasteiger partial charge in [0.1, 0.15) is 0 Å². The van der Waals surface area contributed by atoms with Crippen molar-refractivity contribution in [3.63, 3.8) is 0 Å². The standard InChI is InChI=1S/C11H16Cl2N2O4S2/c1-3-21(18,19)14-7-8-15(20(2,16)17)10-6-4-5-9(12)11(10)13/h4-6,14H,3,7-8H2,1-2H3. The molecule has 120 valence electrons. The third kappa shape index (κ3) is 5.30. The van der Waals surface area contributed by atoms with Crippen LogP contribution >= 0.6 is 23.2 Å². The number of benzene rings is 1. The van der Waals surface area contributed by atoms with Crippen molar-refractivity contribution in [2.75, 3.05) is 29.4 Å². The summed E-state index contributed by atoms with van der Waals surface area (Å²) in [5.74, 6) is -0.0796. The summed E-state index contributed by atoms with van der Waals surface area (Å²) < 4.78 is 49.8. The van der Waals surface area contributed by atoms with E-state index in [0.29, 0.717) is 0 Å². The van der Waals surface area contributed by atoms with Gasteiger partial charge in [-0.1, -0.05) is 29.3 Å². The molecule has 0 saturated carbocycles. The second-order valence-electron chi connectivity index (χ2n) is 4.21. The number of anilines is 1. The van der Waals surface area contributed by atoms with E-state index < -0.39 is 20.0 Å². The average molecular weight is 375 g/mol.